The largest absolute Gasteiger partial charge is 0.424 e. The van der Waals surface area contributed by atoms with Crippen LogP contribution in [0.1, 0.15) is 13.8 Å². The van der Waals surface area contributed by atoms with Gasteiger partial charge in [0.1, 0.15) is 0 Å². The number of hydrogen-bond donors (Lipinski definition) is 0. The first-order chi connectivity index (χ1) is 3.27. The van der Waals surface area contributed by atoms with E-state index in [-0.39, 0.29) is 0 Å². The van der Waals surface area contributed by atoms with Crippen molar-refractivity contribution in [3.8, 4) is 0 Å². The summed E-state index contributed by atoms with van der Waals surface area (Å²) in [6.07, 6.45) is 0. The Kier molecular flexibility index (Phi) is 13.8. The Morgan fingerprint density at radius 3 is 1.29 bits per heavy atom. The van der Waals surface area contributed by atoms with Crippen molar-refractivity contribution >= 4 is 9.04 Å². The molecule has 0 amide bonds. The summed E-state index contributed by atoms with van der Waals surface area (Å²) in [6, 6.07) is 0. The summed E-state index contributed by atoms with van der Waals surface area (Å²) in [7, 11) is 1.11. The maximum absolute atomic E-state index is 4.89. The van der Waals surface area contributed by atoms with Crippen LogP contribution in [0.4, 0.5) is 0 Å². The molecule has 0 N–H and O–H groups in total. The van der Waals surface area contributed by atoms with E-state index in [1.165, 1.54) is 0 Å². The molecule has 0 aromatic carbocycles. The third kappa shape index (κ3) is 22.7. The summed E-state index contributed by atoms with van der Waals surface area (Å²) >= 11 is 0. The van der Waals surface area contributed by atoms with Gasteiger partial charge in [0.2, 0.25) is 0 Å². The SMILES string of the molecule is CC.CO[SiH](C)C. The van der Waals surface area contributed by atoms with Gasteiger partial charge in [-0.25, -0.2) is 0 Å². The molecule has 0 bridgehead atoms. The normalized spacial score (nSPS) is 7.71. The molecular weight excluding hydrogens is 104 g/mol. The van der Waals surface area contributed by atoms with Gasteiger partial charge in [-0.15, -0.1) is 0 Å². The van der Waals surface area contributed by atoms with E-state index in [1.807, 2.05) is 13.8 Å². The lowest BCUT2D eigenvalue weighted by molar-refractivity contribution is 0.430. The molecule has 0 saturated heterocycles. The van der Waals surface area contributed by atoms with E-state index in [1.54, 1.807) is 7.11 Å². The fourth-order valence-electron chi connectivity index (χ4n) is 0. The molecule has 0 saturated carbocycles. The molecule has 7 heavy (non-hydrogen) atoms. The quantitative estimate of drug-likeness (QED) is 0.478. The summed E-state index contributed by atoms with van der Waals surface area (Å²) in [6.45, 7) is 8.28. The zero-order valence-corrected chi connectivity index (χ0v) is 7.14. The molecule has 0 spiro atoms. The van der Waals surface area contributed by atoms with Gasteiger partial charge in [-0.3, -0.25) is 0 Å². The fraction of sp³-hybridized carbons (Fsp3) is 1.00. The molecule has 0 aromatic heterocycles. The van der Waals surface area contributed by atoms with Crippen LogP contribution in [-0.4, -0.2) is 16.2 Å². The van der Waals surface area contributed by atoms with Crippen LogP contribution < -0.4 is 0 Å². The van der Waals surface area contributed by atoms with E-state index in [0.717, 1.165) is 0 Å². The first-order valence-corrected chi connectivity index (χ1v) is 5.58. The van der Waals surface area contributed by atoms with Crippen molar-refractivity contribution < 1.29 is 4.43 Å². The number of hydrogen-bond acceptors (Lipinski definition) is 1. The van der Waals surface area contributed by atoms with Crippen molar-refractivity contribution in [2.24, 2.45) is 0 Å². The Morgan fingerprint density at radius 2 is 1.29 bits per heavy atom. The van der Waals surface area contributed by atoms with Crippen LogP contribution in [0.2, 0.25) is 13.1 Å². The molecule has 0 rings (SSSR count). The molecule has 1 nitrogen and oxygen atoms in total. The van der Waals surface area contributed by atoms with Gasteiger partial charge in [0.05, 0.1) is 0 Å². The van der Waals surface area contributed by atoms with Crippen LogP contribution in [-0.2, 0) is 4.43 Å². The lowest BCUT2D eigenvalue weighted by Gasteiger charge is -1.92. The van der Waals surface area contributed by atoms with Crippen molar-refractivity contribution in [2.75, 3.05) is 7.11 Å². The first-order valence-electron chi connectivity index (χ1n) is 2.80. The highest BCUT2D eigenvalue weighted by Crippen LogP contribution is 1.73. The van der Waals surface area contributed by atoms with Crippen molar-refractivity contribution in [2.45, 2.75) is 26.9 Å². The second-order valence-corrected chi connectivity index (χ2v) is 3.85. The summed E-state index contributed by atoms with van der Waals surface area (Å²) < 4.78 is 4.89. The predicted molar refractivity (Wildman–Crippen MR) is 37.2 cm³/mol. The number of rotatable bonds is 1. The molecule has 0 fully saturated rings. The second kappa shape index (κ2) is 9.49. The van der Waals surface area contributed by atoms with Crippen LogP contribution in [0.25, 0.3) is 0 Å². The van der Waals surface area contributed by atoms with E-state index in [4.69, 9.17) is 4.43 Å². The van der Waals surface area contributed by atoms with Gasteiger partial charge in [0, 0.05) is 7.11 Å². The standard InChI is InChI=1S/C3H10OSi.C2H6/c1-4-5(2)3;1-2/h5H,1-3H3;1-2H3. The van der Waals surface area contributed by atoms with Crippen molar-refractivity contribution in [1.82, 2.24) is 0 Å². The van der Waals surface area contributed by atoms with Gasteiger partial charge >= 0.3 is 0 Å². The summed E-state index contributed by atoms with van der Waals surface area (Å²) in [5.74, 6) is 0. The maximum Gasteiger partial charge on any atom is 0.170 e. The lowest BCUT2D eigenvalue weighted by Crippen LogP contribution is -2.00. The minimum Gasteiger partial charge on any atom is -0.424 e. The van der Waals surface area contributed by atoms with Gasteiger partial charge in [0.25, 0.3) is 0 Å². The topological polar surface area (TPSA) is 9.23 Å². The Labute approximate surface area is 48.4 Å². The molecule has 0 atom stereocenters. The van der Waals surface area contributed by atoms with Gasteiger partial charge in [0.15, 0.2) is 9.04 Å². The van der Waals surface area contributed by atoms with E-state index < -0.39 is 9.04 Å². The van der Waals surface area contributed by atoms with E-state index in [0.29, 0.717) is 0 Å². The van der Waals surface area contributed by atoms with Crippen LogP contribution in [0.15, 0.2) is 0 Å². The minimum atomic E-state index is -0.650. The molecule has 2 heteroatoms. The molecule has 0 aliphatic heterocycles. The smallest absolute Gasteiger partial charge is 0.170 e. The summed E-state index contributed by atoms with van der Waals surface area (Å²) in [4.78, 5) is 0. The molecule has 0 aliphatic carbocycles. The Hall–Kier alpha value is 0.177. The monoisotopic (exact) mass is 120 g/mol. The molecule has 0 unspecified atom stereocenters. The summed E-state index contributed by atoms with van der Waals surface area (Å²) in [5.41, 5.74) is 0. The zero-order chi connectivity index (χ0) is 6.28. The Balaban J connectivity index is 0. The Morgan fingerprint density at radius 1 is 1.14 bits per heavy atom. The predicted octanol–water partition coefficient (Wildman–Crippen LogP) is 1.64. The maximum atomic E-state index is 4.89. The van der Waals surface area contributed by atoms with E-state index in [2.05, 4.69) is 13.1 Å². The van der Waals surface area contributed by atoms with E-state index >= 15 is 0 Å². The molecular formula is C5H16OSi. The lowest BCUT2D eigenvalue weighted by atomic mass is 11.0. The van der Waals surface area contributed by atoms with Crippen LogP contribution in [0, 0.1) is 0 Å². The van der Waals surface area contributed by atoms with Crippen LogP contribution >= 0.6 is 0 Å². The molecule has 0 aromatic rings. The van der Waals surface area contributed by atoms with Crippen molar-refractivity contribution in [1.29, 1.82) is 0 Å². The first kappa shape index (κ1) is 10.2. The van der Waals surface area contributed by atoms with Gasteiger partial charge < -0.3 is 4.43 Å². The van der Waals surface area contributed by atoms with Crippen molar-refractivity contribution in [3.63, 3.8) is 0 Å². The Bertz CT molecular complexity index is 22.0. The zero-order valence-electron chi connectivity index (χ0n) is 5.99. The second-order valence-electron chi connectivity index (χ2n) is 1.28. The fourth-order valence-corrected chi connectivity index (χ4v) is 0. The average Bonchev–Trinajstić information content (AvgIpc) is 1.73. The molecule has 0 radical (unpaired) electrons. The molecule has 46 valence electrons. The highest BCUT2D eigenvalue weighted by atomic mass is 28.3. The van der Waals surface area contributed by atoms with E-state index in [9.17, 15) is 0 Å². The van der Waals surface area contributed by atoms with Crippen LogP contribution in [0.3, 0.4) is 0 Å². The third-order valence-electron chi connectivity index (χ3n) is 0.471. The van der Waals surface area contributed by atoms with Crippen LogP contribution in [0.5, 0.6) is 0 Å². The van der Waals surface area contributed by atoms with Gasteiger partial charge in [-0.1, -0.05) is 13.8 Å². The highest BCUT2D eigenvalue weighted by Gasteiger charge is 1.83. The minimum absolute atomic E-state index is 0.650. The third-order valence-corrected chi connectivity index (χ3v) is 1.41. The molecule has 0 heterocycles. The van der Waals surface area contributed by atoms with Crippen molar-refractivity contribution in [3.05, 3.63) is 0 Å². The van der Waals surface area contributed by atoms with Gasteiger partial charge in [-0.2, -0.15) is 0 Å². The average molecular weight is 120 g/mol. The highest BCUT2D eigenvalue weighted by molar-refractivity contribution is 6.48. The van der Waals surface area contributed by atoms with Gasteiger partial charge in [-0.05, 0) is 13.1 Å². The summed E-state index contributed by atoms with van der Waals surface area (Å²) in [5, 5.41) is 0. The molecule has 0 aliphatic rings.